The van der Waals surface area contributed by atoms with Crippen LogP contribution < -0.4 is 5.56 Å². The number of aromatic amines is 2. The van der Waals surface area contributed by atoms with Crippen LogP contribution in [0, 0.1) is 11.7 Å². The number of aryl methyl sites for hydroxylation is 1. The molecule has 2 rings (SSSR count). The van der Waals surface area contributed by atoms with Crippen molar-refractivity contribution in [2.24, 2.45) is 0 Å². The number of carbonyl (C=O) groups is 1. The predicted octanol–water partition coefficient (Wildman–Crippen LogP) is 1.41. The molecule has 0 fully saturated rings. The third-order valence-corrected chi connectivity index (χ3v) is 3.08. The van der Waals surface area contributed by atoms with E-state index in [2.05, 4.69) is 15.2 Å². The molecule has 1 amide bonds. The predicted molar refractivity (Wildman–Crippen MR) is 77.0 cm³/mol. The molecule has 0 unspecified atom stereocenters. The molecule has 6 nitrogen and oxygen atoms in total. The van der Waals surface area contributed by atoms with Crippen molar-refractivity contribution >= 4 is 18.1 Å². The van der Waals surface area contributed by atoms with Crippen LogP contribution in [0.5, 0.6) is 0 Å². The Hall–Kier alpha value is -2.28. The van der Waals surface area contributed by atoms with E-state index in [1.807, 2.05) is 19.1 Å². The molecule has 0 saturated heterocycles. The maximum absolute atomic E-state index is 12.3. The molecule has 0 spiro atoms. The Morgan fingerprint density at radius 2 is 2.10 bits per heavy atom. The smallest absolute Gasteiger partial charge is 0.275 e. The molecule has 0 aliphatic heterocycles. The monoisotopic (exact) mass is 290 g/mol. The highest BCUT2D eigenvalue weighted by molar-refractivity contribution is 7.71. The molecule has 1 heterocycles. The lowest BCUT2D eigenvalue weighted by atomic mass is 10.1. The van der Waals surface area contributed by atoms with Crippen molar-refractivity contribution in [1.82, 2.24) is 20.1 Å². The van der Waals surface area contributed by atoms with Crippen LogP contribution in [0.1, 0.15) is 21.6 Å². The number of benzene rings is 1. The van der Waals surface area contributed by atoms with E-state index in [0.29, 0.717) is 5.56 Å². The van der Waals surface area contributed by atoms with Gasteiger partial charge < -0.3 is 4.90 Å². The second kappa shape index (κ2) is 5.79. The van der Waals surface area contributed by atoms with Gasteiger partial charge in [0.25, 0.3) is 11.5 Å². The van der Waals surface area contributed by atoms with Crippen molar-refractivity contribution in [3.05, 3.63) is 56.2 Å². The van der Waals surface area contributed by atoms with Crippen molar-refractivity contribution in [1.29, 1.82) is 0 Å². The lowest BCUT2D eigenvalue weighted by Gasteiger charge is -2.17. The molecule has 7 heteroatoms. The second-order valence-electron chi connectivity index (χ2n) is 4.43. The van der Waals surface area contributed by atoms with Gasteiger partial charge in [0, 0.05) is 12.6 Å². The van der Waals surface area contributed by atoms with E-state index >= 15 is 0 Å². The van der Waals surface area contributed by atoms with Gasteiger partial charge in [-0.25, -0.2) is 0 Å². The normalized spacial score (nSPS) is 10.3. The summed E-state index contributed by atoms with van der Waals surface area (Å²) in [6.45, 7) is 1.97. The van der Waals surface area contributed by atoms with E-state index in [1.165, 1.54) is 4.90 Å². The number of nitrogens with zero attached hydrogens (tertiary/aromatic N) is 2. The third kappa shape index (κ3) is 3.00. The number of carbonyl (C=O) groups excluding carboxylic acids is 1. The number of hydrogen-bond acceptors (Lipinski definition) is 4. The molecule has 104 valence electrons. The van der Waals surface area contributed by atoms with Crippen LogP contribution in [0.4, 0.5) is 0 Å². The Balaban J connectivity index is 2.22. The zero-order valence-corrected chi connectivity index (χ0v) is 12.0. The number of H-pyrrole nitrogens is 2. The molecule has 0 bridgehead atoms. The van der Waals surface area contributed by atoms with Crippen molar-refractivity contribution in [3.63, 3.8) is 0 Å². The minimum Gasteiger partial charge on any atom is -0.336 e. The number of aromatic nitrogens is 3. The highest BCUT2D eigenvalue weighted by Crippen LogP contribution is 2.10. The van der Waals surface area contributed by atoms with Crippen molar-refractivity contribution < 1.29 is 4.79 Å². The van der Waals surface area contributed by atoms with Crippen LogP contribution >= 0.6 is 12.2 Å². The number of nitrogens with one attached hydrogen (secondary N) is 2. The van der Waals surface area contributed by atoms with Crippen LogP contribution in [0.15, 0.2) is 29.1 Å². The first-order valence-electron chi connectivity index (χ1n) is 5.98. The number of hydrogen-bond donors (Lipinski definition) is 2. The minimum atomic E-state index is -0.391. The standard InChI is InChI=1S/C13H14N4O2S/c1-8-5-3-4-6-9(8)12(19)17(2)7-10-11(18)14-13(20)16-15-10/h3-6H,7H2,1-2H3,(H2,14,16,18,20). The Kier molecular flexibility index (Phi) is 4.09. The van der Waals surface area contributed by atoms with Crippen LogP contribution in [0.2, 0.25) is 0 Å². The van der Waals surface area contributed by atoms with Crippen LogP contribution in [0.25, 0.3) is 0 Å². The zero-order chi connectivity index (χ0) is 14.7. The summed E-state index contributed by atoms with van der Waals surface area (Å²) in [5.41, 5.74) is 1.32. The summed E-state index contributed by atoms with van der Waals surface area (Å²) in [6.07, 6.45) is 0. The summed E-state index contributed by atoms with van der Waals surface area (Å²) in [7, 11) is 1.62. The summed E-state index contributed by atoms with van der Waals surface area (Å²) >= 11 is 4.76. The molecule has 0 radical (unpaired) electrons. The van der Waals surface area contributed by atoms with Gasteiger partial charge in [0.1, 0.15) is 5.69 Å². The topological polar surface area (TPSA) is 81.8 Å². The maximum Gasteiger partial charge on any atom is 0.275 e. The maximum atomic E-state index is 12.3. The largest absolute Gasteiger partial charge is 0.336 e. The molecule has 0 saturated carbocycles. The van der Waals surface area contributed by atoms with Gasteiger partial charge in [-0.3, -0.25) is 19.7 Å². The Morgan fingerprint density at radius 1 is 1.40 bits per heavy atom. The average molecular weight is 290 g/mol. The van der Waals surface area contributed by atoms with Crippen LogP contribution in [-0.4, -0.2) is 33.0 Å². The summed E-state index contributed by atoms with van der Waals surface area (Å²) in [6, 6.07) is 7.30. The van der Waals surface area contributed by atoms with Crippen LogP contribution in [-0.2, 0) is 6.54 Å². The molecular formula is C13H14N4O2S. The number of rotatable bonds is 3. The third-order valence-electron chi connectivity index (χ3n) is 2.89. The molecule has 1 aromatic heterocycles. The van der Waals surface area contributed by atoms with Crippen molar-refractivity contribution in [3.8, 4) is 0 Å². The van der Waals surface area contributed by atoms with Gasteiger partial charge in [0.05, 0.1) is 6.54 Å². The second-order valence-corrected chi connectivity index (χ2v) is 4.84. The van der Waals surface area contributed by atoms with E-state index in [4.69, 9.17) is 12.2 Å². The summed E-state index contributed by atoms with van der Waals surface area (Å²) in [5, 5.41) is 6.36. The van der Waals surface area contributed by atoms with Gasteiger partial charge in [-0.05, 0) is 30.8 Å². The first kappa shape index (κ1) is 14.1. The first-order chi connectivity index (χ1) is 9.49. The molecular weight excluding hydrogens is 276 g/mol. The number of amides is 1. The van der Waals surface area contributed by atoms with Gasteiger partial charge in [0.2, 0.25) is 0 Å². The van der Waals surface area contributed by atoms with E-state index in [1.54, 1.807) is 19.2 Å². The molecule has 2 N–H and O–H groups in total. The van der Waals surface area contributed by atoms with E-state index in [0.717, 1.165) is 5.56 Å². The fourth-order valence-corrected chi connectivity index (χ4v) is 1.93. The quantitative estimate of drug-likeness (QED) is 0.837. The Bertz CT molecular complexity index is 750. The average Bonchev–Trinajstić information content (AvgIpc) is 2.41. The molecule has 20 heavy (non-hydrogen) atoms. The minimum absolute atomic E-state index is 0.106. The van der Waals surface area contributed by atoms with Gasteiger partial charge >= 0.3 is 0 Å². The Labute approximate surface area is 120 Å². The van der Waals surface area contributed by atoms with E-state index < -0.39 is 5.56 Å². The fraction of sp³-hybridized carbons (Fsp3) is 0.231. The van der Waals surface area contributed by atoms with Crippen LogP contribution in [0.3, 0.4) is 0 Å². The zero-order valence-electron chi connectivity index (χ0n) is 11.1. The van der Waals surface area contributed by atoms with Crippen molar-refractivity contribution in [2.45, 2.75) is 13.5 Å². The molecule has 2 aromatic rings. The highest BCUT2D eigenvalue weighted by Gasteiger charge is 2.15. The van der Waals surface area contributed by atoms with Crippen molar-refractivity contribution in [2.75, 3.05) is 7.05 Å². The van der Waals surface area contributed by atoms with Gasteiger partial charge in [-0.2, -0.15) is 5.10 Å². The lowest BCUT2D eigenvalue weighted by Crippen LogP contribution is -2.31. The summed E-state index contributed by atoms with van der Waals surface area (Å²) in [5.74, 6) is -0.160. The molecule has 0 aliphatic carbocycles. The molecule has 0 atom stereocenters. The fourth-order valence-electron chi connectivity index (χ4n) is 1.79. The SMILES string of the molecule is Cc1ccccc1C(=O)N(C)Cc1n[nH]c(=S)[nH]c1=O. The molecule has 0 aliphatic rings. The van der Waals surface area contributed by atoms with E-state index in [-0.39, 0.29) is 22.9 Å². The molecule has 1 aromatic carbocycles. The summed E-state index contributed by atoms with van der Waals surface area (Å²) in [4.78, 5) is 27.8. The summed E-state index contributed by atoms with van der Waals surface area (Å²) < 4.78 is 0.159. The highest BCUT2D eigenvalue weighted by atomic mass is 32.1. The van der Waals surface area contributed by atoms with Gasteiger partial charge in [0.15, 0.2) is 4.77 Å². The first-order valence-corrected chi connectivity index (χ1v) is 6.39. The lowest BCUT2D eigenvalue weighted by molar-refractivity contribution is 0.0781. The Morgan fingerprint density at radius 3 is 2.75 bits per heavy atom. The van der Waals surface area contributed by atoms with Gasteiger partial charge in [-0.15, -0.1) is 0 Å². The van der Waals surface area contributed by atoms with Gasteiger partial charge in [-0.1, -0.05) is 18.2 Å². The van der Waals surface area contributed by atoms with E-state index in [9.17, 15) is 9.59 Å².